The fraction of sp³-hybridized carbons (Fsp3) is 0. The normalized spacial score (nSPS) is 2.00. The van der Waals surface area contributed by atoms with E-state index in [1.165, 1.54) is 0 Å². The van der Waals surface area contributed by atoms with Crippen molar-refractivity contribution in [3.8, 4) is 0 Å². The minimum atomic E-state index is 0. The van der Waals surface area contributed by atoms with Crippen molar-refractivity contribution in [2.24, 2.45) is 0 Å². The van der Waals surface area contributed by atoms with Crippen LogP contribution in [0.3, 0.4) is 0 Å². The maximum atomic E-state index is 8.00. The predicted octanol–water partition coefficient (Wildman–Crippen LogP) is -0.891. The quantitative estimate of drug-likeness (QED) is 0.421. The van der Waals surface area contributed by atoms with Crippen LogP contribution in [0.5, 0.6) is 0 Å². The second-order valence-corrected chi connectivity index (χ2v) is 0. The molecule has 0 heterocycles. The van der Waals surface area contributed by atoms with Crippen LogP contribution in [-0.2, 0) is 39.6 Å². The van der Waals surface area contributed by atoms with E-state index in [0.717, 1.165) is 0 Å². The summed E-state index contributed by atoms with van der Waals surface area (Å²) in [4.78, 5) is 0. The fourth-order valence-electron chi connectivity index (χ4n) is 0. The third kappa shape index (κ3) is 35.9. The number of rotatable bonds is 0. The molecule has 0 aromatic heterocycles. The third-order valence-corrected chi connectivity index (χ3v) is 0. The van der Waals surface area contributed by atoms with Gasteiger partial charge in [0.15, 0.2) is 0 Å². The molecule has 5 heteroatoms. The van der Waals surface area contributed by atoms with Crippen molar-refractivity contribution in [2.75, 3.05) is 0 Å². The summed E-state index contributed by atoms with van der Waals surface area (Å²) in [5, 5.41) is 0. The van der Waals surface area contributed by atoms with E-state index < -0.39 is 0 Å². The van der Waals surface area contributed by atoms with Crippen LogP contribution in [0.15, 0.2) is 0 Å². The van der Waals surface area contributed by atoms with Crippen LogP contribution in [-0.4, -0.2) is 18.9 Å². The summed E-state index contributed by atoms with van der Waals surface area (Å²) in [7, 11) is 0. The van der Waals surface area contributed by atoms with Gasteiger partial charge in [0.05, 0.1) is 0 Å². The molecular formula is HFe2LiO2. The molecule has 0 atom stereocenters. The van der Waals surface area contributed by atoms with Gasteiger partial charge in [-0.1, -0.05) is 0 Å². The zero-order valence-electron chi connectivity index (χ0n) is 1.52. The molecule has 0 radical (unpaired) electrons. The van der Waals surface area contributed by atoms with Crippen molar-refractivity contribution in [1.29, 1.82) is 0 Å². The average molecular weight is 152 g/mol. The van der Waals surface area contributed by atoms with E-state index in [1.54, 1.807) is 0 Å². The van der Waals surface area contributed by atoms with E-state index in [-0.39, 0.29) is 18.9 Å². The Morgan fingerprint density at radius 1 is 0.800 bits per heavy atom. The molecule has 0 aromatic rings. The minimum absolute atomic E-state index is 0. The Kier molecular flexibility index (Phi) is 201. The molecule has 0 fully saturated rings. The van der Waals surface area contributed by atoms with Crippen molar-refractivity contribution >= 4 is 18.9 Å². The van der Waals surface area contributed by atoms with Gasteiger partial charge in [-0.25, -0.2) is 0 Å². The van der Waals surface area contributed by atoms with Crippen LogP contribution in [0.4, 0.5) is 0 Å². The Bertz CT molecular complexity index is 9.61. The second kappa shape index (κ2) is 61.5. The van der Waals surface area contributed by atoms with E-state index in [0.29, 0.717) is 0 Å². The van der Waals surface area contributed by atoms with Crippen LogP contribution in [0, 0.1) is 0 Å². The van der Waals surface area contributed by atoms with Gasteiger partial charge in [0.1, 0.15) is 0 Å². The molecule has 0 aliphatic carbocycles. The zero-order chi connectivity index (χ0) is 4.00. The summed E-state index contributed by atoms with van der Waals surface area (Å²) >= 11 is 4.00. The van der Waals surface area contributed by atoms with E-state index in [4.69, 9.17) is 7.67 Å². The molecule has 0 spiro atoms. The molecule has 0 aliphatic heterocycles. The second-order valence-electron chi connectivity index (χ2n) is 0. The standard InChI is InChI=1S/2Fe.Li.2O.H. The summed E-state index contributed by atoms with van der Waals surface area (Å²) in [5.41, 5.74) is 0. The molecule has 0 aliphatic rings. The monoisotopic (exact) mass is 152 g/mol. The van der Waals surface area contributed by atoms with Crippen molar-refractivity contribution in [3.63, 3.8) is 0 Å². The van der Waals surface area contributed by atoms with Crippen molar-refractivity contribution < 1.29 is 39.6 Å². The molecule has 0 rings (SSSR count). The summed E-state index contributed by atoms with van der Waals surface area (Å²) in [6.45, 7) is 0. The van der Waals surface area contributed by atoms with E-state index in [2.05, 4.69) is 0 Å². The summed E-state index contributed by atoms with van der Waals surface area (Å²) < 4.78 is 16.0. The van der Waals surface area contributed by atoms with Gasteiger partial charge in [-0.15, -0.1) is 0 Å². The van der Waals surface area contributed by atoms with Crippen LogP contribution in [0.2, 0.25) is 0 Å². The first-order valence-corrected chi connectivity index (χ1v) is 1.19. The van der Waals surface area contributed by atoms with Crippen molar-refractivity contribution in [1.82, 2.24) is 0 Å². The van der Waals surface area contributed by atoms with Crippen LogP contribution >= 0.6 is 0 Å². The Morgan fingerprint density at radius 2 is 0.800 bits per heavy atom. The molecule has 0 unspecified atom stereocenters. The van der Waals surface area contributed by atoms with Gasteiger partial charge in [-0.05, 0) is 0 Å². The van der Waals surface area contributed by atoms with Gasteiger partial charge in [0.25, 0.3) is 0 Å². The Hall–Kier alpha value is 1.24. The molecule has 30 valence electrons. The summed E-state index contributed by atoms with van der Waals surface area (Å²) in [5.74, 6) is 0. The molecule has 0 saturated heterocycles. The Balaban J connectivity index is -0.0000000133. The summed E-state index contributed by atoms with van der Waals surface area (Å²) in [6.07, 6.45) is 0. The molecule has 0 aromatic carbocycles. The maximum absolute atomic E-state index is 8.00. The average Bonchev–Trinajstić information content (AvgIpc) is 1.50. The zero-order valence-corrected chi connectivity index (χ0v) is 3.73. The van der Waals surface area contributed by atoms with Gasteiger partial charge >= 0.3 is 58.4 Å². The van der Waals surface area contributed by atoms with Crippen LogP contribution in [0.1, 0.15) is 0 Å². The SMILES string of the molecule is [LiH].[O]=[Fe].[O]=[Fe]. The number of hydrogen-bond acceptors (Lipinski definition) is 2. The first-order chi connectivity index (χ1) is 2.00. The van der Waals surface area contributed by atoms with E-state index in [1.807, 2.05) is 31.9 Å². The first-order valence-electron chi connectivity index (χ1n) is 0.289. The van der Waals surface area contributed by atoms with Crippen molar-refractivity contribution in [3.05, 3.63) is 0 Å². The topological polar surface area (TPSA) is 34.1 Å². The van der Waals surface area contributed by atoms with Crippen molar-refractivity contribution in [2.45, 2.75) is 0 Å². The Labute approximate surface area is 58.3 Å². The fourth-order valence-corrected chi connectivity index (χ4v) is 0. The molecule has 5 heavy (non-hydrogen) atoms. The van der Waals surface area contributed by atoms with Crippen LogP contribution in [0.25, 0.3) is 0 Å². The van der Waals surface area contributed by atoms with Gasteiger partial charge < -0.3 is 0 Å². The molecule has 0 amide bonds. The van der Waals surface area contributed by atoms with Gasteiger partial charge in [0.2, 0.25) is 0 Å². The first kappa shape index (κ1) is 16.3. The Morgan fingerprint density at radius 3 is 0.800 bits per heavy atom. The summed E-state index contributed by atoms with van der Waals surface area (Å²) in [6, 6.07) is 0. The predicted molar refractivity (Wildman–Crippen MR) is 8.52 cm³/mol. The van der Waals surface area contributed by atoms with Gasteiger partial charge in [-0.3, -0.25) is 0 Å². The van der Waals surface area contributed by atoms with E-state index in [9.17, 15) is 0 Å². The molecular weight excluding hydrogens is 151 g/mol. The van der Waals surface area contributed by atoms with E-state index >= 15 is 0 Å². The molecule has 2 nitrogen and oxygen atoms in total. The molecule has 0 N–H and O–H groups in total. The van der Waals surface area contributed by atoms with Gasteiger partial charge in [0, 0.05) is 0 Å². The van der Waals surface area contributed by atoms with Gasteiger partial charge in [-0.2, -0.15) is 0 Å². The van der Waals surface area contributed by atoms with Crippen LogP contribution < -0.4 is 0 Å². The number of hydrogen-bond donors (Lipinski definition) is 0. The third-order valence-electron chi connectivity index (χ3n) is 0. The molecule has 0 bridgehead atoms. The molecule has 0 saturated carbocycles.